The number of sulfonamides is 1. The molecule has 0 radical (unpaired) electrons. The summed E-state index contributed by atoms with van der Waals surface area (Å²) in [4.78, 5) is 2.49. The average Bonchev–Trinajstić information content (AvgIpc) is 2.60. The molecule has 140 valence electrons. The van der Waals surface area contributed by atoms with Crippen molar-refractivity contribution in [3.05, 3.63) is 29.3 Å². The monoisotopic (exact) mass is 368 g/mol. The van der Waals surface area contributed by atoms with Crippen molar-refractivity contribution in [2.24, 2.45) is 0 Å². The second kappa shape index (κ2) is 7.61. The summed E-state index contributed by atoms with van der Waals surface area (Å²) in [7, 11) is 0.0449. The van der Waals surface area contributed by atoms with Crippen molar-refractivity contribution in [3.8, 4) is 5.75 Å². The number of rotatable bonds is 6. The lowest BCUT2D eigenvalue weighted by Gasteiger charge is -2.45. The lowest BCUT2D eigenvalue weighted by Crippen LogP contribution is -2.50. The second-order valence-electron chi connectivity index (χ2n) is 6.91. The van der Waals surface area contributed by atoms with Gasteiger partial charge < -0.3 is 9.47 Å². The molecule has 25 heavy (non-hydrogen) atoms. The molecule has 1 aromatic rings. The topological polar surface area (TPSA) is 59.1 Å². The van der Waals surface area contributed by atoms with Crippen molar-refractivity contribution in [2.45, 2.75) is 31.3 Å². The van der Waals surface area contributed by atoms with Gasteiger partial charge in [0.05, 0.1) is 20.0 Å². The van der Waals surface area contributed by atoms with Crippen molar-refractivity contribution < 1.29 is 17.9 Å². The van der Waals surface area contributed by atoms with Gasteiger partial charge in [-0.05, 0) is 42.5 Å². The van der Waals surface area contributed by atoms with E-state index in [4.69, 9.17) is 9.47 Å². The number of hydrogen-bond acceptors (Lipinski definition) is 5. The summed E-state index contributed by atoms with van der Waals surface area (Å²) in [5.74, 6) is 0.886. The third-order valence-corrected chi connectivity index (χ3v) is 6.74. The zero-order chi connectivity index (χ0) is 18.0. The SMILES string of the molecule is COCCN(C1CCN2CCc3cc(OC)ccc3C2C1)S(C)(=O)=O. The van der Waals surface area contributed by atoms with E-state index < -0.39 is 10.0 Å². The minimum atomic E-state index is -3.25. The number of nitrogens with zero attached hydrogens (tertiary/aromatic N) is 2. The normalized spacial score (nSPS) is 24.0. The molecule has 1 fully saturated rings. The van der Waals surface area contributed by atoms with Crippen LogP contribution in [0.2, 0.25) is 0 Å². The molecular formula is C18H28N2O4S. The van der Waals surface area contributed by atoms with E-state index in [-0.39, 0.29) is 12.1 Å². The van der Waals surface area contributed by atoms with Crippen LogP contribution >= 0.6 is 0 Å². The molecule has 0 saturated carbocycles. The first-order valence-electron chi connectivity index (χ1n) is 8.80. The molecule has 2 aliphatic heterocycles. The Bertz CT molecular complexity index is 707. The summed E-state index contributed by atoms with van der Waals surface area (Å²) in [5.41, 5.74) is 2.64. The molecule has 2 heterocycles. The van der Waals surface area contributed by atoms with Crippen molar-refractivity contribution in [2.75, 3.05) is 46.7 Å². The zero-order valence-corrected chi connectivity index (χ0v) is 16.1. The Kier molecular flexibility index (Phi) is 5.68. The minimum Gasteiger partial charge on any atom is -0.497 e. The van der Waals surface area contributed by atoms with E-state index in [1.54, 1.807) is 18.5 Å². The molecule has 2 aliphatic rings. The lowest BCUT2D eigenvalue weighted by molar-refractivity contribution is 0.0804. The maximum atomic E-state index is 12.3. The molecule has 0 aliphatic carbocycles. The van der Waals surface area contributed by atoms with Crippen molar-refractivity contribution >= 4 is 10.0 Å². The highest BCUT2D eigenvalue weighted by Gasteiger charge is 2.38. The van der Waals surface area contributed by atoms with E-state index in [9.17, 15) is 8.42 Å². The van der Waals surface area contributed by atoms with Crippen LogP contribution in [0.15, 0.2) is 18.2 Å². The predicted molar refractivity (Wildman–Crippen MR) is 97.5 cm³/mol. The fourth-order valence-corrected chi connectivity index (χ4v) is 5.30. The number of benzene rings is 1. The van der Waals surface area contributed by atoms with E-state index >= 15 is 0 Å². The predicted octanol–water partition coefficient (Wildman–Crippen LogP) is 1.66. The summed E-state index contributed by atoms with van der Waals surface area (Å²) in [6, 6.07) is 6.58. The molecular weight excluding hydrogens is 340 g/mol. The van der Waals surface area contributed by atoms with Gasteiger partial charge in [-0.3, -0.25) is 4.90 Å². The number of fused-ring (bicyclic) bond motifs is 3. The van der Waals surface area contributed by atoms with Crippen LogP contribution in [0.1, 0.15) is 30.0 Å². The fourth-order valence-electron chi connectivity index (χ4n) is 4.16. The Labute approximate surface area is 150 Å². The van der Waals surface area contributed by atoms with Crippen LogP contribution < -0.4 is 4.74 Å². The first-order chi connectivity index (χ1) is 11.9. The Morgan fingerprint density at radius 1 is 1.28 bits per heavy atom. The third kappa shape index (κ3) is 4.00. The highest BCUT2D eigenvalue weighted by atomic mass is 32.2. The molecule has 0 spiro atoms. The Morgan fingerprint density at radius 2 is 2.08 bits per heavy atom. The Balaban J connectivity index is 1.83. The van der Waals surface area contributed by atoms with Crippen LogP contribution in [0.3, 0.4) is 0 Å². The van der Waals surface area contributed by atoms with Crippen LogP contribution in [0.25, 0.3) is 0 Å². The second-order valence-corrected chi connectivity index (χ2v) is 8.85. The van der Waals surface area contributed by atoms with Gasteiger partial charge in [-0.15, -0.1) is 0 Å². The maximum Gasteiger partial charge on any atom is 0.211 e. The third-order valence-electron chi connectivity index (χ3n) is 5.41. The number of methoxy groups -OCH3 is 2. The molecule has 0 aromatic heterocycles. The van der Waals surface area contributed by atoms with E-state index in [0.29, 0.717) is 13.2 Å². The van der Waals surface area contributed by atoms with Crippen LogP contribution in [0, 0.1) is 0 Å². The summed E-state index contributed by atoms with van der Waals surface area (Å²) < 4.78 is 36.6. The van der Waals surface area contributed by atoms with Gasteiger partial charge in [0.25, 0.3) is 0 Å². The zero-order valence-electron chi connectivity index (χ0n) is 15.3. The minimum absolute atomic E-state index is 0.0273. The molecule has 6 nitrogen and oxygen atoms in total. The van der Waals surface area contributed by atoms with Crippen molar-refractivity contribution in [3.63, 3.8) is 0 Å². The van der Waals surface area contributed by atoms with Crippen molar-refractivity contribution in [1.82, 2.24) is 9.21 Å². The highest BCUT2D eigenvalue weighted by molar-refractivity contribution is 7.88. The first kappa shape index (κ1) is 18.6. The van der Waals surface area contributed by atoms with Gasteiger partial charge in [0.1, 0.15) is 5.75 Å². The number of hydrogen-bond donors (Lipinski definition) is 0. The van der Waals surface area contributed by atoms with Gasteiger partial charge in [0.2, 0.25) is 10.0 Å². The van der Waals surface area contributed by atoms with E-state index in [2.05, 4.69) is 17.0 Å². The molecule has 0 N–H and O–H groups in total. The Hall–Kier alpha value is -1.15. The maximum absolute atomic E-state index is 12.3. The van der Waals surface area contributed by atoms with E-state index in [1.807, 2.05) is 6.07 Å². The fraction of sp³-hybridized carbons (Fsp3) is 0.667. The molecule has 2 unspecified atom stereocenters. The number of piperidine rings is 1. The van der Waals surface area contributed by atoms with Gasteiger partial charge in [-0.25, -0.2) is 8.42 Å². The average molecular weight is 368 g/mol. The first-order valence-corrected chi connectivity index (χ1v) is 10.7. The van der Waals surface area contributed by atoms with Crippen LogP contribution in [-0.4, -0.2) is 70.4 Å². The molecule has 7 heteroatoms. The molecule has 0 amide bonds. The molecule has 1 saturated heterocycles. The van der Waals surface area contributed by atoms with Crippen LogP contribution in [0.5, 0.6) is 5.75 Å². The smallest absolute Gasteiger partial charge is 0.211 e. The molecule has 0 bridgehead atoms. The van der Waals surface area contributed by atoms with Crippen LogP contribution in [0.4, 0.5) is 0 Å². The van der Waals surface area contributed by atoms with Crippen molar-refractivity contribution in [1.29, 1.82) is 0 Å². The van der Waals surface area contributed by atoms with E-state index in [0.717, 1.165) is 38.1 Å². The molecule has 3 rings (SSSR count). The molecule has 2 atom stereocenters. The molecule has 1 aromatic carbocycles. The van der Waals surface area contributed by atoms with E-state index in [1.165, 1.54) is 17.4 Å². The van der Waals surface area contributed by atoms with Gasteiger partial charge in [-0.2, -0.15) is 4.31 Å². The van der Waals surface area contributed by atoms with Gasteiger partial charge in [0.15, 0.2) is 0 Å². The number of ether oxygens (including phenoxy) is 2. The highest BCUT2D eigenvalue weighted by Crippen LogP contribution is 2.39. The Morgan fingerprint density at radius 3 is 2.76 bits per heavy atom. The van der Waals surface area contributed by atoms with Crippen LogP contribution in [-0.2, 0) is 21.2 Å². The van der Waals surface area contributed by atoms with Gasteiger partial charge in [0, 0.05) is 38.8 Å². The standard InChI is InChI=1S/C18H28N2O4S/c1-23-11-10-20(25(3,21)22)15-7-9-19-8-6-14-12-16(24-2)4-5-17(14)18(19)13-15/h4-5,12,15,18H,6-11,13H2,1-3H3. The van der Waals surface area contributed by atoms with Gasteiger partial charge >= 0.3 is 0 Å². The largest absolute Gasteiger partial charge is 0.497 e. The lowest BCUT2D eigenvalue weighted by atomic mass is 9.85. The summed E-state index contributed by atoms with van der Waals surface area (Å²) in [6.45, 7) is 2.79. The summed E-state index contributed by atoms with van der Waals surface area (Å²) in [6.07, 6.45) is 4.02. The van der Waals surface area contributed by atoms with Gasteiger partial charge in [-0.1, -0.05) is 6.07 Å². The summed E-state index contributed by atoms with van der Waals surface area (Å²) >= 11 is 0. The quantitative estimate of drug-likeness (QED) is 0.764. The summed E-state index contributed by atoms with van der Waals surface area (Å²) in [5, 5.41) is 0.